The number of aryl methyl sites for hydroxylation is 1. The van der Waals surface area contributed by atoms with E-state index in [9.17, 15) is 9.59 Å². The molecule has 10 nitrogen and oxygen atoms in total. The highest BCUT2D eigenvalue weighted by Crippen LogP contribution is 2.25. The second kappa shape index (κ2) is 9.88. The Kier molecular flexibility index (Phi) is 7.22. The minimum Gasteiger partial charge on any atom is -0.490 e. The molecule has 174 valence electrons. The van der Waals surface area contributed by atoms with Crippen molar-refractivity contribution in [3.8, 4) is 5.75 Å². The standard InChI is InChI=1S/C22H30N4O6/c1-6-29-19(27)18-15(2)24-20(31-18)26-11-10-25(21(28)32-22(3,4)5)13-16(26)14-30-17-8-7-9-23-12-17/h7-9,12,16H,6,10-11,13-14H2,1-5H3. The fourth-order valence-electron chi connectivity index (χ4n) is 3.26. The van der Waals surface area contributed by atoms with Gasteiger partial charge in [-0.05, 0) is 46.8 Å². The molecule has 10 heteroatoms. The van der Waals surface area contributed by atoms with Gasteiger partial charge in [-0.1, -0.05) is 0 Å². The average Bonchev–Trinajstić information content (AvgIpc) is 3.13. The zero-order valence-corrected chi connectivity index (χ0v) is 19.2. The molecule has 1 aliphatic rings. The lowest BCUT2D eigenvalue weighted by Crippen LogP contribution is -2.57. The number of rotatable bonds is 6. The number of hydrogen-bond acceptors (Lipinski definition) is 9. The number of oxazole rings is 1. The summed E-state index contributed by atoms with van der Waals surface area (Å²) >= 11 is 0. The van der Waals surface area contributed by atoms with Crippen LogP contribution in [0, 0.1) is 6.92 Å². The first-order valence-corrected chi connectivity index (χ1v) is 10.6. The Hall–Kier alpha value is -3.30. The van der Waals surface area contributed by atoms with Crippen molar-refractivity contribution in [3.63, 3.8) is 0 Å². The highest BCUT2D eigenvalue weighted by Gasteiger charge is 2.35. The lowest BCUT2D eigenvalue weighted by Gasteiger charge is -2.40. The van der Waals surface area contributed by atoms with Gasteiger partial charge in [0.1, 0.15) is 18.0 Å². The van der Waals surface area contributed by atoms with Crippen molar-refractivity contribution in [2.45, 2.75) is 46.3 Å². The molecule has 0 N–H and O–H groups in total. The van der Waals surface area contributed by atoms with E-state index in [4.69, 9.17) is 18.6 Å². The van der Waals surface area contributed by atoms with Crippen LogP contribution in [0.5, 0.6) is 5.75 Å². The molecule has 1 amide bonds. The van der Waals surface area contributed by atoms with Gasteiger partial charge in [0.15, 0.2) is 0 Å². The van der Waals surface area contributed by atoms with Crippen molar-refractivity contribution in [2.75, 3.05) is 37.7 Å². The first-order chi connectivity index (χ1) is 15.2. The maximum atomic E-state index is 12.6. The van der Waals surface area contributed by atoms with E-state index in [0.717, 1.165) is 0 Å². The summed E-state index contributed by atoms with van der Waals surface area (Å²) in [5, 5.41) is 0. The Morgan fingerprint density at radius 2 is 2.06 bits per heavy atom. The molecule has 1 atom stereocenters. The largest absolute Gasteiger partial charge is 0.490 e. The van der Waals surface area contributed by atoms with E-state index in [1.807, 2.05) is 25.7 Å². The Morgan fingerprint density at radius 3 is 2.72 bits per heavy atom. The molecule has 32 heavy (non-hydrogen) atoms. The van der Waals surface area contributed by atoms with Crippen LogP contribution in [-0.4, -0.2) is 71.4 Å². The molecule has 3 rings (SSSR count). The van der Waals surface area contributed by atoms with Crippen LogP contribution in [0.1, 0.15) is 43.9 Å². The van der Waals surface area contributed by atoms with Gasteiger partial charge in [0.25, 0.3) is 6.01 Å². The third kappa shape index (κ3) is 5.89. The van der Waals surface area contributed by atoms with Crippen LogP contribution in [0.25, 0.3) is 0 Å². The van der Waals surface area contributed by atoms with E-state index in [0.29, 0.717) is 31.1 Å². The normalized spacial score (nSPS) is 16.6. The number of pyridine rings is 1. The van der Waals surface area contributed by atoms with Crippen molar-refractivity contribution in [3.05, 3.63) is 36.0 Å². The SMILES string of the molecule is CCOC(=O)c1oc(N2CCN(C(=O)OC(C)(C)C)CC2COc2cccnc2)nc1C. The van der Waals surface area contributed by atoms with Crippen LogP contribution in [-0.2, 0) is 9.47 Å². The molecule has 3 heterocycles. The smallest absolute Gasteiger partial charge is 0.410 e. The van der Waals surface area contributed by atoms with Gasteiger partial charge < -0.3 is 28.4 Å². The van der Waals surface area contributed by atoms with Crippen LogP contribution in [0.15, 0.2) is 28.9 Å². The highest BCUT2D eigenvalue weighted by molar-refractivity contribution is 5.87. The van der Waals surface area contributed by atoms with Crippen molar-refractivity contribution < 1.29 is 28.2 Å². The lowest BCUT2D eigenvalue weighted by molar-refractivity contribution is 0.0198. The number of carbonyl (C=O) groups excluding carboxylic acids is 2. The maximum Gasteiger partial charge on any atom is 0.410 e. The average molecular weight is 447 g/mol. The molecular formula is C22H30N4O6. The van der Waals surface area contributed by atoms with Gasteiger partial charge in [-0.25, -0.2) is 9.59 Å². The summed E-state index contributed by atoms with van der Waals surface area (Å²) in [7, 11) is 0. The summed E-state index contributed by atoms with van der Waals surface area (Å²) in [6.07, 6.45) is 2.89. The maximum absolute atomic E-state index is 12.6. The second-order valence-electron chi connectivity index (χ2n) is 8.40. The molecule has 0 saturated carbocycles. The monoisotopic (exact) mass is 446 g/mol. The predicted octanol–water partition coefficient (Wildman–Crippen LogP) is 3.06. The van der Waals surface area contributed by atoms with Gasteiger partial charge in [0.2, 0.25) is 5.76 Å². The Bertz CT molecular complexity index is 924. The fourth-order valence-corrected chi connectivity index (χ4v) is 3.26. The lowest BCUT2D eigenvalue weighted by atomic mass is 10.2. The number of amides is 1. The first kappa shape index (κ1) is 23.4. The van der Waals surface area contributed by atoms with Crippen molar-refractivity contribution >= 4 is 18.1 Å². The fraction of sp³-hybridized carbons (Fsp3) is 0.545. The third-order valence-electron chi connectivity index (χ3n) is 4.70. The molecule has 0 radical (unpaired) electrons. The summed E-state index contributed by atoms with van der Waals surface area (Å²) in [6, 6.07) is 3.59. The Balaban J connectivity index is 1.80. The summed E-state index contributed by atoms with van der Waals surface area (Å²) in [5.41, 5.74) is -0.149. The zero-order valence-electron chi connectivity index (χ0n) is 19.2. The van der Waals surface area contributed by atoms with Gasteiger partial charge >= 0.3 is 12.1 Å². The summed E-state index contributed by atoms with van der Waals surface area (Å²) < 4.78 is 22.2. The van der Waals surface area contributed by atoms with Crippen LogP contribution in [0.3, 0.4) is 0 Å². The molecule has 0 bridgehead atoms. The third-order valence-corrected chi connectivity index (χ3v) is 4.70. The van der Waals surface area contributed by atoms with Gasteiger partial charge in [-0.3, -0.25) is 4.98 Å². The predicted molar refractivity (Wildman–Crippen MR) is 116 cm³/mol. The molecule has 2 aromatic heterocycles. The molecule has 1 fully saturated rings. The number of esters is 1. The quantitative estimate of drug-likeness (QED) is 0.619. The van der Waals surface area contributed by atoms with Gasteiger partial charge in [-0.15, -0.1) is 0 Å². The van der Waals surface area contributed by atoms with Crippen molar-refractivity contribution in [1.29, 1.82) is 0 Å². The minimum atomic E-state index is -0.593. The zero-order chi connectivity index (χ0) is 23.3. The van der Waals surface area contributed by atoms with Gasteiger partial charge in [0.05, 0.1) is 24.5 Å². The summed E-state index contributed by atoms with van der Waals surface area (Å²) in [4.78, 5) is 36.8. The van der Waals surface area contributed by atoms with Crippen LogP contribution >= 0.6 is 0 Å². The minimum absolute atomic E-state index is 0.0725. The van der Waals surface area contributed by atoms with Crippen LogP contribution in [0.4, 0.5) is 10.8 Å². The number of carbonyl (C=O) groups is 2. The van der Waals surface area contributed by atoms with Crippen LogP contribution < -0.4 is 9.64 Å². The summed E-state index contributed by atoms with van der Waals surface area (Å²) in [6.45, 7) is 10.6. The molecule has 1 aliphatic heterocycles. The van der Waals surface area contributed by atoms with E-state index in [-0.39, 0.29) is 37.1 Å². The number of hydrogen-bond donors (Lipinski definition) is 0. The number of nitrogens with zero attached hydrogens (tertiary/aromatic N) is 4. The van der Waals surface area contributed by atoms with Gasteiger partial charge in [-0.2, -0.15) is 4.98 Å². The van der Waals surface area contributed by atoms with E-state index in [2.05, 4.69) is 9.97 Å². The molecule has 0 spiro atoms. The highest BCUT2D eigenvalue weighted by atomic mass is 16.6. The Morgan fingerprint density at radius 1 is 1.28 bits per heavy atom. The first-order valence-electron chi connectivity index (χ1n) is 10.6. The van der Waals surface area contributed by atoms with Crippen molar-refractivity contribution in [2.24, 2.45) is 0 Å². The second-order valence-corrected chi connectivity index (χ2v) is 8.40. The molecular weight excluding hydrogens is 416 g/mol. The molecule has 2 aromatic rings. The van der Waals surface area contributed by atoms with E-state index < -0.39 is 11.6 Å². The van der Waals surface area contributed by atoms with Crippen LogP contribution in [0.2, 0.25) is 0 Å². The number of piperazine rings is 1. The molecule has 1 saturated heterocycles. The summed E-state index contributed by atoms with van der Waals surface area (Å²) in [5.74, 6) is 0.125. The molecule has 1 unspecified atom stereocenters. The van der Waals surface area contributed by atoms with E-state index in [1.54, 1.807) is 43.3 Å². The topological polar surface area (TPSA) is 107 Å². The number of anilines is 1. The molecule has 0 aliphatic carbocycles. The molecule has 0 aromatic carbocycles. The van der Waals surface area contributed by atoms with E-state index in [1.165, 1.54) is 0 Å². The number of ether oxygens (including phenoxy) is 3. The Labute approximate surface area is 187 Å². The van der Waals surface area contributed by atoms with Gasteiger partial charge in [0, 0.05) is 25.8 Å². The van der Waals surface area contributed by atoms with Crippen molar-refractivity contribution in [1.82, 2.24) is 14.9 Å². The van der Waals surface area contributed by atoms with E-state index >= 15 is 0 Å². The number of aromatic nitrogens is 2.